The SMILES string of the molecule is COC(=O)CS(=O)(=O)Nc1cc([N+](=O)[O-])ccc1C(=O)O. The smallest absolute Gasteiger partial charge is 0.337 e. The molecule has 0 aromatic heterocycles. The normalized spacial score (nSPS) is 10.7. The highest BCUT2D eigenvalue weighted by molar-refractivity contribution is 7.93. The Morgan fingerprint density at radius 2 is 2.05 bits per heavy atom. The summed E-state index contributed by atoms with van der Waals surface area (Å²) >= 11 is 0. The van der Waals surface area contributed by atoms with E-state index >= 15 is 0 Å². The number of carboxylic acid groups (broad SMARTS) is 1. The molecule has 21 heavy (non-hydrogen) atoms. The molecule has 0 radical (unpaired) electrons. The first-order valence-corrected chi connectivity index (χ1v) is 6.90. The van der Waals surface area contributed by atoms with Crippen molar-refractivity contribution in [2.24, 2.45) is 0 Å². The van der Waals surface area contributed by atoms with Crippen molar-refractivity contribution >= 4 is 33.3 Å². The van der Waals surface area contributed by atoms with E-state index in [0.29, 0.717) is 0 Å². The monoisotopic (exact) mass is 318 g/mol. The van der Waals surface area contributed by atoms with Crippen LogP contribution in [0.15, 0.2) is 18.2 Å². The van der Waals surface area contributed by atoms with Gasteiger partial charge < -0.3 is 9.84 Å². The van der Waals surface area contributed by atoms with Gasteiger partial charge in [-0.3, -0.25) is 19.6 Å². The molecule has 0 atom stereocenters. The van der Waals surface area contributed by atoms with Gasteiger partial charge in [-0.15, -0.1) is 0 Å². The van der Waals surface area contributed by atoms with Crippen molar-refractivity contribution in [2.75, 3.05) is 17.6 Å². The van der Waals surface area contributed by atoms with E-state index in [1.54, 1.807) is 0 Å². The van der Waals surface area contributed by atoms with Crippen LogP contribution in [0.25, 0.3) is 0 Å². The number of non-ortho nitro benzene ring substituents is 1. The number of sulfonamides is 1. The summed E-state index contributed by atoms with van der Waals surface area (Å²) in [6, 6.07) is 2.55. The second kappa shape index (κ2) is 6.17. The number of benzene rings is 1. The number of esters is 1. The fourth-order valence-electron chi connectivity index (χ4n) is 1.33. The molecule has 0 spiro atoms. The van der Waals surface area contributed by atoms with Crippen molar-refractivity contribution < 1.29 is 32.8 Å². The van der Waals surface area contributed by atoms with Gasteiger partial charge in [-0.25, -0.2) is 13.2 Å². The Balaban J connectivity index is 3.21. The van der Waals surface area contributed by atoms with E-state index in [2.05, 4.69) is 4.74 Å². The zero-order valence-corrected chi connectivity index (χ0v) is 11.4. The molecule has 1 aromatic rings. The minimum absolute atomic E-state index is 0.492. The van der Waals surface area contributed by atoms with E-state index in [9.17, 15) is 28.1 Å². The Kier molecular flexibility index (Phi) is 4.81. The Morgan fingerprint density at radius 3 is 2.52 bits per heavy atom. The van der Waals surface area contributed by atoms with E-state index in [1.807, 2.05) is 4.72 Å². The largest absolute Gasteiger partial charge is 0.478 e. The van der Waals surface area contributed by atoms with Gasteiger partial charge in [0.1, 0.15) is 0 Å². The number of anilines is 1. The van der Waals surface area contributed by atoms with E-state index < -0.39 is 49.6 Å². The molecule has 11 heteroatoms. The van der Waals surface area contributed by atoms with E-state index in [-0.39, 0.29) is 0 Å². The van der Waals surface area contributed by atoms with Crippen LogP contribution < -0.4 is 4.72 Å². The predicted molar refractivity (Wildman–Crippen MR) is 69.5 cm³/mol. The standard InChI is InChI=1S/C10H10N2O8S/c1-20-9(13)5-21(18,19)11-8-4-6(12(16)17)2-3-7(8)10(14)15/h2-4,11H,5H2,1H3,(H,14,15). The van der Waals surface area contributed by atoms with E-state index in [4.69, 9.17) is 5.11 Å². The lowest BCUT2D eigenvalue weighted by Gasteiger charge is -2.09. The zero-order chi connectivity index (χ0) is 16.2. The zero-order valence-electron chi connectivity index (χ0n) is 10.6. The van der Waals surface area contributed by atoms with E-state index in [1.165, 1.54) is 0 Å². The number of nitro benzene ring substituents is 1. The minimum Gasteiger partial charge on any atom is -0.478 e. The number of hydrogen-bond acceptors (Lipinski definition) is 7. The molecule has 0 saturated heterocycles. The molecule has 0 amide bonds. The summed E-state index contributed by atoms with van der Waals surface area (Å²) in [5.74, 6) is -3.60. The number of rotatable bonds is 6. The van der Waals surface area contributed by atoms with Gasteiger partial charge in [0.15, 0.2) is 5.75 Å². The number of nitrogens with one attached hydrogen (secondary N) is 1. The summed E-state index contributed by atoms with van der Waals surface area (Å²) in [7, 11) is -3.27. The number of carbonyl (C=O) groups is 2. The molecule has 0 bridgehead atoms. The fourth-order valence-corrected chi connectivity index (χ4v) is 2.34. The van der Waals surface area contributed by atoms with Crippen molar-refractivity contribution in [3.8, 4) is 0 Å². The van der Waals surface area contributed by atoms with Gasteiger partial charge in [-0.2, -0.15) is 0 Å². The van der Waals surface area contributed by atoms with Crippen molar-refractivity contribution in [1.29, 1.82) is 0 Å². The van der Waals surface area contributed by atoms with E-state index in [0.717, 1.165) is 25.3 Å². The summed E-state index contributed by atoms with van der Waals surface area (Å²) in [5.41, 5.74) is -1.51. The summed E-state index contributed by atoms with van der Waals surface area (Å²) in [6.07, 6.45) is 0. The Morgan fingerprint density at radius 1 is 1.43 bits per heavy atom. The number of carbonyl (C=O) groups excluding carboxylic acids is 1. The molecule has 1 aromatic carbocycles. The lowest BCUT2D eigenvalue weighted by molar-refractivity contribution is -0.384. The van der Waals surface area contributed by atoms with Crippen LogP contribution in [-0.4, -0.2) is 43.2 Å². The Bertz CT molecular complexity index is 697. The van der Waals surface area contributed by atoms with Gasteiger partial charge in [0.05, 0.1) is 23.3 Å². The predicted octanol–water partition coefficient (Wildman–Crippen LogP) is 0.208. The van der Waals surface area contributed by atoms with Crippen LogP contribution in [0.1, 0.15) is 10.4 Å². The van der Waals surface area contributed by atoms with Gasteiger partial charge in [0, 0.05) is 12.1 Å². The topological polar surface area (TPSA) is 153 Å². The highest BCUT2D eigenvalue weighted by Crippen LogP contribution is 2.23. The lowest BCUT2D eigenvalue weighted by Crippen LogP contribution is -2.24. The van der Waals surface area contributed by atoms with Crippen molar-refractivity contribution in [1.82, 2.24) is 0 Å². The number of methoxy groups -OCH3 is 1. The van der Waals surface area contributed by atoms with Crippen LogP contribution in [0.5, 0.6) is 0 Å². The Labute approximate surface area is 118 Å². The number of nitrogens with zero attached hydrogens (tertiary/aromatic N) is 1. The van der Waals surface area contributed by atoms with Crippen LogP contribution in [0.2, 0.25) is 0 Å². The van der Waals surface area contributed by atoms with Gasteiger partial charge in [0.25, 0.3) is 5.69 Å². The van der Waals surface area contributed by atoms with Crippen LogP contribution in [0, 0.1) is 10.1 Å². The third kappa shape index (κ3) is 4.42. The number of hydrogen-bond donors (Lipinski definition) is 2. The average Bonchev–Trinajstić information content (AvgIpc) is 2.36. The number of carboxylic acids is 1. The van der Waals surface area contributed by atoms with Gasteiger partial charge >= 0.3 is 11.9 Å². The summed E-state index contributed by atoms with van der Waals surface area (Å²) in [5, 5.41) is 19.6. The third-order valence-corrected chi connectivity index (χ3v) is 3.39. The minimum atomic E-state index is -4.25. The molecule has 0 aliphatic rings. The molecular formula is C10H10N2O8S. The highest BCUT2D eigenvalue weighted by Gasteiger charge is 2.22. The third-order valence-electron chi connectivity index (χ3n) is 2.25. The lowest BCUT2D eigenvalue weighted by atomic mass is 10.1. The second-order valence-corrected chi connectivity index (χ2v) is 5.45. The molecule has 0 heterocycles. The molecular weight excluding hydrogens is 308 g/mol. The molecule has 1 rings (SSSR count). The van der Waals surface area contributed by atoms with Gasteiger partial charge in [0.2, 0.25) is 10.0 Å². The molecule has 0 saturated carbocycles. The van der Waals surface area contributed by atoms with Crippen LogP contribution in [0.3, 0.4) is 0 Å². The second-order valence-electron chi connectivity index (χ2n) is 3.73. The molecule has 10 nitrogen and oxygen atoms in total. The molecule has 0 aliphatic carbocycles. The fraction of sp³-hybridized carbons (Fsp3) is 0.200. The first-order valence-electron chi connectivity index (χ1n) is 5.25. The van der Waals surface area contributed by atoms with Crippen molar-refractivity contribution in [3.05, 3.63) is 33.9 Å². The van der Waals surface area contributed by atoms with Crippen LogP contribution >= 0.6 is 0 Å². The maximum atomic E-state index is 11.7. The maximum Gasteiger partial charge on any atom is 0.337 e. The average molecular weight is 318 g/mol. The van der Waals surface area contributed by atoms with Crippen molar-refractivity contribution in [2.45, 2.75) is 0 Å². The van der Waals surface area contributed by atoms with Crippen LogP contribution in [0.4, 0.5) is 11.4 Å². The molecule has 114 valence electrons. The van der Waals surface area contributed by atoms with Crippen LogP contribution in [-0.2, 0) is 19.6 Å². The molecule has 2 N–H and O–H groups in total. The Hall–Kier alpha value is -2.69. The number of ether oxygens (including phenoxy) is 1. The number of nitro groups is 1. The van der Waals surface area contributed by atoms with Gasteiger partial charge in [-0.05, 0) is 6.07 Å². The summed E-state index contributed by atoms with van der Waals surface area (Å²) in [4.78, 5) is 31.7. The first-order chi connectivity index (χ1) is 9.66. The number of aromatic carboxylic acids is 1. The molecule has 0 aliphatic heterocycles. The summed E-state index contributed by atoms with van der Waals surface area (Å²) < 4.78 is 29.3. The maximum absolute atomic E-state index is 11.7. The molecule has 0 fully saturated rings. The quantitative estimate of drug-likeness (QED) is 0.428. The highest BCUT2D eigenvalue weighted by atomic mass is 32.2. The summed E-state index contributed by atoms with van der Waals surface area (Å²) in [6.45, 7) is 0. The van der Waals surface area contributed by atoms with Gasteiger partial charge in [-0.1, -0.05) is 0 Å². The first kappa shape index (κ1) is 16.4. The van der Waals surface area contributed by atoms with Crippen molar-refractivity contribution in [3.63, 3.8) is 0 Å². The molecule has 0 unspecified atom stereocenters.